The minimum absolute atomic E-state index is 0.0428. The van der Waals surface area contributed by atoms with Crippen LogP contribution in [-0.4, -0.2) is 39.9 Å². The number of para-hydroxylation sites is 2. The molecule has 2 aromatic carbocycles. The zero-order chi connectivity index (χ0) is 24.9. The predicted octanol–water partition coefficient (Wildman–Crippen LogP) is 4.84. The van der Waals surface area contributed by atoms with Crippen molar-refractivity contribution in [3.05, 3.63) is 86.2 Å². The van der Waals surface area contributed by atoms with Gasteiger partial charge in [0.05, 0.1) is 24.1 Å². The summed E-state index contributed by atoms with van der Waals surface area (Å²) in [7, 11) is 0. The van der Waals surface area contributed by atoms with E-state index in [1.807, 2.05) is 6.07 Å². The van der Waals surface area contributed by atoms with Crippen molar-refractivity contribution >= 4 is 52.2 Å². The number of anilines is 1. The first-order chi connectivity index (χ1) is 17.0. The molecule has 4 rings (SSSR count). The van der Waals surface area contributed by atoms with Gasteiger partial charge in [0.25, 0.3) is 5.56 Å². The first-order valence-electron chi connectivity index (χ1n) is 10.6. The van der Waals surface area contributed by atoms with Crippen molar-refractivity contribution in [2.75, 3.05) is 18.1 Å². The molecule has 0 radical (unpaired) electrons. The van der Waals surface area contributed by atoms with Crippen molar-refractivity contribution in [3.63, 3.8) is 0 Å². The van der Waals surface area contributed by atoms with E-state index in [4.69, 9.17) is 9.47 Å². The van der Waals surface area contributed by atoms with Crippen molar-refractivity contribution in [1.29, 1.82) is 0 Å². The lowest BCUT2D eigenvalue weighted by Crippen LogP contribution is -2.31. The van der Waals surface area contributed by atoms with Crippen molar-refractivity contribution in [2.45, 2.75) is 19.0 Å². The summed E-state index contributed by atoms with van der Waals surface area (Å²) >= 11 is 1.90. The molecule has 0 atom stereocenters. The number of thioether (sulfide) groups is 2. The van der Waals surface area contributed by atoms with Crippen LogP contribution in [0.4, 0.5) is 10.5 Å². The Hall–Kier alpha value is -3.70. The third-order valence-electron chi connectivity index (χ3n) is 4.77. The Morgan fingerprint density at radius 2 is 1.71 bits per heavy atom. The molecule has 0 amide bonds. The summed E-state index contributed by atoms with van der Waals surface area (Å²) < 4.78 is 11.2. The van der Waals surface area contributed by atoms with Crippen LogP contribution in [0.3, 0.4) is 0 Å². The number of esters is 1. The van der Waals surface area contributed by atoms with Crippen LogP contribution < -0.4 is 10.5 Å². The number of aliphatic hydroxyl groups excluding tert-OH is 1. The zero-order valence-corrected chi connectivity index (χ0v) is 20.5. The van der Waals surface area contributed by atoms with Crippen molar-refractivity contribution < 1.29 is 24.2 Å². The number of nitrogens with zero attached hydrogens (tertiary/aromatic N) is 3. The molecule has 0 fully saturated rings. The highest BCUT2D eigenvalue weighted by Crippen LogP contribution is 2.43. The zero-order valence-electron chi connectivity index (χ0n) is 18.8. The second kappa shape index (κ2) is 10.7. The Kier molecular flexibility index (Phi) is 7.47. The normalized spacial score (nSPS) is 14.6. The number of rotatable bonds is 6. The SMILES string of the molecule is CCOC(=O)/C(Sc1nc2ccccc2c(=O)n1C(=O)OCC)=C1/SC=C(O)N1c1ccccc1. The van der Waals surface area contributed by atoms with Crippen LogP contribution in [0.25, 0.3) is 10.9 Å². The highest BCUT2D eigenvalue weighted by atomic mass is 32.2. The molecular formula is C24H21N3O6S2. The van der Waals surface area contributed by atoms with E-state index in [1.165, 1.54) is 10.3 Å². The van der Waals surface area contributed by atoms with Crippen LogP contribution in [0.1, 0.15) is 13.8 Å². The fourth-order valence-electron chi connectivity index (χ4n) is 3.29. The summed E-state index contributed by atoms with van der Waals surface area (Å²) in [5, 5.41) is 12.6. The Balaban J connectivity index is 1.91. The Morgan fingerprint density at radius 1 is 1.03 bits per heavy atom. The van der Waals surface area contributed by atoms with Gasteiger partial charge >= 0.3 is 12.1 Å². The van der Waals surface area contributed by atoms with Gasteiger partial charge < -0.3 is 14.6 Å². The van der Waals surface area contributed by atoms with E-state index in [1.54, 1.807) is 62.4 Å². The van der Waals surface area contributed by atoms with E-state index >= 15 is 0 Å². The molecule has 1 aliphatic heterocycles. The molecule has 1 N–H and O–H groups in total. The molecule has 35 heavy (non-hydrogen) atoms. The molecular weight excluding hydrogens is 490 g/mol. The van der Waals surface area contributed by atoms with Gasteiger partial charge in [-0.15, -0.1) is 0 Å². The third-order valence-corrected chi connectivity index (χ3v) is 6.85. The monoisotopic (exact) mass is 511 g/mol. The smallest absolute Gasteiger partial charge is 0.423 e. The highest BCUT2D eigenvalue weighted by molar-refractivity contribution is 8.09. The quantitative estimate of drug-likeness (QED) is 0.214. The summed E-state index contributed by atoms with van der Waals surface area (Å²) in [6.45, 7) is 3.43. The molecule has 0 bridgehead atoms. The maximum atomic E-state index is 13.2. The summed E-state index contributed by atoms with van der Waals surface area (Å²) in [5.74, 6) is -0.783. The Labute approximate surface area is 209 Å². The first-order valence-corrected chi connectivity index (χ1v) is 12.3. The fraction of sp³-hybridized carbons (Fsp3) is 0.167. The summed E-state index contributed by atoms with van der Waals surface area (Å²) in [4.78, 5) is 45.1. The number of carbonyl (C=O) groups is 2. The first kappa shape index (κ1) is 24.4. The molecule has 1 aromatic heterocycles. The van der Waals surface area contributed by atoms with E-state index in [0.717, 1.165) is 28.1 Å². The van der Waals surface area contributed by atoms with Crippen LogP contribution in [0.15, 0.2) is 85.8 Å². The lowest BCUT2D eigenvalue weighted by atomic mass is 10.2. The average Bonchev–Trinajstić information content (AvgIpc) is 3.24. The van der Waals surface area contributed by atoms with Gasteiger partial charge in [0.1, 0.15) is 9.93 Å². The number of ether oxygens (including phenoxy) is 2. The Bertz CT molecular complexity index is 1400. The molecule has 0 saturated heterocycles. The standard InChI is InChI=1S/C24H21N3O6S2/c1-3-32-22(30)19(21-26(18(28)14-34-21)15-10-6-5-7-11-15)35-23-25-17-13-9-8-12-16(17)20(29)27(23)24(31)33-4-2/h5-14,28H,3-4H2,1-2H3/b21-19-. The summed E-state index contributed by atoms with van der Waals surface area (Å²) in [5.41, 5.74) is 0.344. The van der Waals surface area contributed by atoms with Crippen LogP contribution in [0, 0.1) is 0 Å². The molecule has 180 valence electrons. The fourth-order valence-corrected chi connectivity index (χ4v) is 5.27. The summed E-state index contributed by atoms with van der Waals surface area (Å²) in [6, 6.07) is 15.5. The van der Waals surface area contributed by atoms with Crippen molar-refractivity contribution in [3.8, 4) is 0 Å². The van der Waals surface area contributed by atoms with Crippen LogP contribution in [0.5, 0.6) is 0 Å². The van der Waals surface area contributed by atoms with Gasteiger partial charge in [0, 0.05) is 11.1 Å². The molecule has 9 nitrogen and oxygen atoms in total. The number of aliphatic hydroxyl groups is 1. The molecule has 0 saturated carbocycles. The lowest BCUT2D eigenvalue weighted by molar-refractivity contribution is -0.137. The van der Waals surface area contributed by atoms with Gasteiger partial charge in [0.2, 0.25) is 5.88 Å². The van der Waals surface area contributed by atoms with Crippen LogP contribution in [-0.2, 0) is 14.3 Å². The Morgan fingerprint density at radius 3 is 2.43 bits per heavy atom. The van der Waals surface area contributed by atoms with Gasteiger partial charge in [-0.05, 0) is 49.9 Å². The number of carbonyl (C=O) groups excluding carboxylic acids is 2. The van der Waals surface area contributed by atoms with Crippen molar-refractivity contribution in [1.82, 2.24) is 9.55 Å². The van der Waals surface area contributed by atoms with Gasteiger partial charge in [-0.3, -0.25) is 9.69 Å². The lowest BCUT2D eigenvalue weighted by Gasteiger charge is -2.22. The second-order valence-electron chi connectivity index (χ2n) is 6.97. The summed E-state index contributed by atoms with van der Waals surface area (Å²) in [6.07, 6.45) is -0.911. The number of hydrogen-bond acceptors (Lipinski definition) is 10. The topological polar surface area (TPSA) is 111 Å². The second-order valence-corrected chi connectivity index (χ2v) is 8.81. The van der Waals surface area contributed by atoms with Crippen molar-refractivity contribution in [2.24, 2.45) is 0 Å². The predicted molar refractivity (Wildman–Crippen MR) is 135 cm³/mol. The van der Waals surface area contributed by atoms with E-state index in [-0.39, 0.29) is 34.5 Å². The molecule has 2 heterocycles. The number of hydrogen-bond donors (Lipinski definition) is 1. The molecule has 3 aromatic rings. The number of aromatic nitrogens is 2. The van der Waals surface area contributed by atoms with Gasteiger partial charge in [-0.25, -0.2) is 14.6 Å². The molecule has 0 spiro atoms. The van der Waals surface area contributed by atoms with Gasteiger partial charge in [-0.1, -0.05) is 42.1 Å². The minimum atomic E-state index is -0.911. The van der Waals surface area contributed by atoms with E-state index in [0.29, 0.717) is 16.2 Å². The maximum absolute atomic E-state index is 13.2. The average molecular weight is 512 g/mol. The van der Waals surface area contributed by atoms with E-state index in [9.17, 15) is 19.5 Å². The minimum Gasteiger partial charge on any atom is -0.494 e. The highest BCUT2D eigenvalue weighted by Gasteiger charge is 2.32. The number of fused-ring (bicyclic) bond motifs is 1. The third kappa shape index (κ3) is 4.91. The van der Waals surface area contributed by atoms with Gasteiger partial charge in [-0.2, -0.15) is 4.57 Å². The van der Waals surface area contributed by atoms with E-state index < -0.39 is 17.6 Å². The van der Waals surface area contributed by atoms with E-state index in [2.05, 4.69) is 4.98 Å². The van der Waals surface area contributed by atoms with Crippen LogP contribution in [0.2, 0.25) is 0 Å². The molecule has 11 heteroatoms. The number of benzene rings is 2. The molecule has 0 unspecified atom stereocenters. The molecule has 0 aliphatic carbocycles. The van der Waals surface area contributed by atoms with Gasteiger partial charge in [0.15, 0.2) is 5.16 Å². The largest absolute Gasteiger partial charge is 0.494 e. The maximum Gasteiger partial charge on any atom is 0.423 e. The van der Waals surface area contributed by atoms with Crippen LogP contribution >= 0.6 is 23.5 Å². The molecule has 1 aliphatic rings.